The molecule has 0 saturated heterocycles. The monoisotopic (exact) mass is 248 g/mol. The quantitative estimate of drug-likeness (QED) is 0.642. The Morgan fingerprint density at radius 1 is 0.824 bits per heavy atom. The van der Waals surface area contributed by atoms with E-state index in [9.17, 15) is 10.2 Å². The Labute approximate surface area is 105 Å². The summed E-state index contributed by atoms with van der Waals surface area (Å²) in [4.78, 5) is 0. The van der Waals surface area contributed by atoms with Crippen LogP contribution in [0.25, 0.3) is 0 Å². The molecule has 0 saturated carbocycles. The molecule has 0 aromatic heterocycles. The molecule has 0 aromatic carbocycles. The molecular weight excluding hydrogens is 220 g/mol. The molecule has 0 bridgehead atoms. The van der Waals surface area contributed by atoms with Gasteiger partial charge < -0.3 is 19.7 Å². The molecule has 2 N–H and O–H groups in total. The highest BCUT2D eigenvalue weighted by Crippen LogP contribution is 2.17. The lowest BCUT2D eigenvalue weighted by atomic mass is 10.0. The highest BCUT2D eigenvalue weighted by molar-refractivity contribution is 4.72. The molecule has 0 aliphatic carbocycles. The minimum atomic E-state index is -0.814. The summed E-state index contributed by atoms with van der Waals surface area (Å²) in [7, 11) is 0. The molecule has 17 heavy (non-hydrogen) atoms. The van der Waals surface area contributed by atoms with Crippen LogP contribution in [0.3, 0.4) is 0 Å². The first-order valence-corrected chi connectivity index (χ1v) is 6.08. The largest absolute Gasteiger partial charge is 0.388 e. The fourth-order valence-electron chi connectivity index (χ4n) is 1.08. The molecule has 4 nitrogen and oxygen atoms in total. The highest BCUT2D eigenvalue weighted by atomic mass is 16.5. The average molecular weight is 248 g/mol. The Kier molecular flexibility index (Phi) is 6.08. The summed E-state index contributed by atoms with van der Waals surface area (Å²) in [6.45, 7) is 11.9. The van der Waals surface area contributed by atoms with E-state index in [4.69, 9.17) is 9.47 Å². The topological polar surface area (TPSA) is 58.9 Å². The van der Waals surface area contributed by atoms with Crippen LogP contribution < -0.4 is 0 Å². The van der Waals surface area contributed by atoms with Crippen LogP contribution in [0.5, 0.6) is 0 Å². The first-order valence-electron chi connectivity index (χ1n) is 6.08. The van der Waals surface area contributed by atoms with E-state index in [1.165, 1.54) is 0 Å². The van der Waals surface area contributed by atoms with Gasteiger partial charge >= 0.3 is 0 Å². The van der Waals surface area contributed by atoms with Gasteiger partial charge in [-0.15, -0.1) is 0 Å². The van der Waals surface area contributed by atoms with Gasteiger partial charge in [0.05, 0.1) is 30.0 Å². The van der Waals surface area contributed by atoms with E-state index in [0.717, 1.165) is 6.42 Å². The van der Waals surface area contributed by atoms with Gasteiger partial charge in [0.1, 0.15) is 0 Å². The molecule has 0 unspecified atom stereocenters. The second kappa shape index (κ2) is 6.14. The van der Waals surface area contributed by atoms with Crippen molar-refractivity contribution in [1.82, 2.24) is 0 Å². The lowest BCUT2D eigenvalue weighted by Gasteiger charge is -2.29. The summed E-state index contributed by atoms with van der Waals surface area (Å²) in [5.74, 6) is 0. The summed E-state index contributed by atoms with van der Waals surface area (Å²) in [5.41, 5.74) is -1.94. The van der Waals surface area contributed by atoms with Crippen LogP contribution in [0.1, 0.15) is 48.0 Å². The lowest BCUT2D eigenvalue weighted by Crippen LogP contribution is -2.35. The third-order valence-corrected chi connectivity index (χ3v) is 2.12. The zero-order valence-corrected chi connectivity index (χ0v) is 12.0. The molecule has 0 atom stereocenters. The van der Waals surface area contributed by atoms with Gasteiger partial charge in [-0.1, -0.05) is 0 Å². The van der Waals surface area contributed by atoms with Gasteiger partial charge in [-0.25, -0.2) is 0 Å². The van der Waals surface area contributed by atoms with E-state index in [2.05, 4.69) is 0 Å². The molecule has 0 rings (SSSR count). The Hall–Kier alpha value is -0.160. The Balaban J connectivity index is 3.79. The van der Waals surface area contributed by atoms with Crippen molar-refractivity contribution >= 4 is 0 Å². The molecule has 0 aliphatic rings. The lowest BCUT2D eigenvalue weighted by molar-refractivity contribution is -0.106. The van der Waals surface area contributed by atoms with Crippen LogP contribution in [0, 0.1) is 0 Å². The van der Waals surface area contributed by atoms with E-state index >= 15 is 0 Å². The van der Waals surface area contributed by atoms with Crippen LogP contribution in [-0.4, -0.2) is 46.8 Å². The van der Waals surface area contributed by atoms with Crippen molar-refractivity contribution in [3.05, 3.63) is 0 Å². The van der Waals surface area contributed by atoms with Crippen molar-refractivity contribution in [2.24, 2.45) is 0 Å². The van der Waals surface area contributed by atoms with Gasteiger partial charge in [0.2, 0.25) is 0 Å². The maximum atomic E-state index is 9.57. The van der Waals surface area contributed by atoms with Gasteiger partial charge in [0, 0.05) is 6.61 Å². The fourth-order valence-corrected chi connectivity index (χ4v) is 1.08. The molecule has 0 heterocycles. The average Bonchev–Trinajstić information content (AvgIpc) is 2.07. The third-order valence-electron chi connectivity index (χ3n) is 2.12. The molecule has 0 fully saturated rings. The summed E-state index contributed by atoms with van der Waals surface area (Å²) < 4.78 is 11.0. The third kappa shape index (κ3) is 12.1. The first-order chi connectivity index (χ1) is 7.41. The minimum Gasteiger partial charge on any atom is -0.388 e. The van der Waals surface area contributed by atoms with E-state index in [0.29, 0.717) is 19.8 Å². The zero-order chi connectivity index (χ0) is 13.7. The van der Waals surface area contributed by atoms with Crippen LogP contribution in [0.2, 0.25) is 0 Å². The number of hydrogen-bond donors (Lipinski definition) is 2. The molecule has 0 spiro atoms. The van der Waals surface area contributed by atoms with Gasteiger partial charge in [0.25, 0.3) is 0 Å². The van der Waals surface area contributed by atoms with Gasteiger partial charge in [0.15, 0.2) is 0 Å². The SMILES string of the molecule is CC(C)(O)COCCC(C)(C)OCC(C)(C)O. The minimum absolute atomic E-state index is 0.297. The van der Waals surface area contributed by atoms with Gasteiger partial charge in [-0.3, -0.25) is 0 Å². The smallest absolute Gasteiger partial charge is 0.0824 e. The Morgan fingerprint density at radius 3 is 1.71 bits per heavy atom. The number of hydrogen-bond acceptors (Lipinski definition) is 4. The van der Waals surface area contributed by atoms with Crippen LogP contribution in [0.15, 0.2) is 0 Å². The molecule has 4 heteroatoms. The molecule has 0 aromatic rings. The van der Waals surface area contributed by atoms with Crippen molar-refractivity contribution < 1.29 is 19.7 Å². The van der Waals surface area contributed by atoms with Gasteiger partial charge in [-0.2, -0.15) is 0 Å². The second-order valence-corrected chi connectivity index (χ2v) is 6.48. The maximum absolute atomic E-state index is 9.57. The molecular formula is C13H28O4. The molecule has 0 radical (unpaired) electrons. The first kappa shape index (κ1) is 16.8. The number of aliphatic hydroxyl groups is 2. The predicted octanol–water partition coefficient (Wildman–Crippen LogP) is 1.73. The van der Waals surface area contributed by atoms with Crippen LogP contribution >= 0.6 is 0 Å². The Bertz CT molecular complexity index is 210. The van der Waals surface area contributed by atoms with Gasteiger partial charge in [-0.05, 0) is 48.0 Å². The van der Waals surface area contributed by atoms with Crippen molar-refractivity contribution in [3.8, 4) is 0 Å². The summed E-state index contributed by atoms with van der Waals surface area (Å²) >= 11 is 0. The predicted molar refractivity (Wildman–Crippen MR) is 68.1 cm³/mol. The zero-order valence-electron chi connectivity index (χ0n) is 12.0. The summed E-state index contributed by atoms with van der Waals surface area (Å²) in [6, 6.07) is 0. The number of ether oxygens (including phenoxy) is 2. The van der Waals surface area contributed by atoms with Crippen LogP contribution in [0.4, 0.5) is 0 Å². The molecule has 104 valence electrons. The van der Waals surface area contributed by atoms with E-state index < -0.39 is 11.2 Å². The van der Waals surface area contributed by atoms with Crippen LogP contribution in [-0.2, 0) is 9.47 Å². The van der Waals surface area contributed by atoms with Crippen molar-refractivity contribution in [1.29, 1.82) is 0 Å². The molecule has 0 amide bonds. The summed E-state index contributed by atoms with van der Waals surface area (Å²) in [6.07, 6.45) is 0.721. The van der Waals surface area contributed by atoms with E-state index in [1.54, 1.807) is 27.7 Å². The second-order valence-electron chi connectivity index (χ2n) is 6.48. The summed E-state index contributed by atoms with van der Waals surface area (Å²) in [5, 5.41) is 19.0. The maximum Gasteiger partial charge on any atom is 0.0824 e. The molecule has 0 aliphatic heterocycles. The van der Waals surface area contributed by atoms with E-state index in [1.807, 2.05) is 13.8 Å². The van der Waals surface area contributed by atoms with Crippen molar-refractivity contribution in [2.45, 2.75) is 64.8 Å². The standard InChI is InChI=1S/C13H28O4/c1-11(2,14)9-16-8-7-13(5,6)17-10-12(3,4)15/h14-15H,7-10H2,1-6H3. The Morgan fingerprint density at radius 2 is 1.29 bits per heavy atom. The number of rotatable bonds is 8. The fraction of sp³-hybridized carbons (Fsp3) is 1.00. The van der Waals surface area contributed by atoms with Crippen molar-refractivity contribution in [2.75, 3.05) is 19.8 Å². The van der Waals surface area contributed by atoms with E-state index in [-0.39, 0.29) is 5.60 Å². The normalized spacial score (nSPS) is 14.1. The van der Waals surface area contributed by atoms with Crippen molar-refractivity contribution in [3.63, 3.8) is 0 Å². The highest BCUT2D eigenvalue weighted by Gasteiger charge is 2.23.